The lowest BCUT2D eigenvalue weighted by Gasteiger charge is -2.46. The lowest BCUT2D eigenvalue weighted by molar-refractivity contribution is -0.121. The van der Waals surface area contributed by atoms with Crippen molar-refractivity contribution in [2.24, 2.45) is 11.3 Å². The molecule has 0 radical (unpaired) electrons. The largest absolute Gasteiger partial charge is 0.384 e. The molecule has 1 fully saturated rings. The summed E-state index contributed by atoms with van der Waals surface area (Å²) < 4.78 is 0. The smallest absolute Gasteiger partial charge is 0.0981 e. The van der Waals surface area contributed by atoms with E-state index in [4.69, 9.17) is 0 Å². The number of hydrogen-bond donors (Lipinski definition) is 1. The van der Waals surface area contributed by atoms with Crippen LogP contribution in [0.15, 0.2) is 18.2 Å². The number of nitrogens with zero attached hydrogens (tertiary/aromatic N) is 1. The van der Waals surface area contributed by atoms with Crippen molar-refractivity contribution in [2.75, 3.05) is 20.1 Å². The molecule has 0 bridgehead atoms. The zero-order valence-corrected chi connectivity index (χ0v) is 13.9. The number of hydrogen-bond acceptors (Lipinski definition) is 2. The van der Waals surface area contributed by atoms with Gasteiger partial charge in [0.2, 0.25) is 0 Å². The second-order valence-electron chi connectivity index (χ2n) is 7.75. The maximum absolute atomic E-state index is 11.8. The molecule has 3 rings (SSSR count). The summed E-state index contributed by atoms with van der Waals surface area (Å²) in [5.74, 6) is 0.386. The van der Waals surface area contributed by atoms with Gasteiger partial charge in [-0.1, -0.05) is 39.0 Å². The summed E-state index contributed by atoms with van der Waals surface area (Å²) in [5.41, 5.74) is 3.20. The molecule has 1 heterocycles. The van der Waals surface area contributed by atoms with Crippen molar-refractivity contribution in [1.82, 2.24) is 4.90 Å². The fraction of sp³-hybridized carbons (Fsp3) is 0.684. The second kappa shape index (κ2) is 5.10. The summed E-state index contributed by atoms with van der Waals surface area (Å²) in [7, 11) is 2.18. The first-order chi connectivity index (χ1) is 9.88. The van der Waals surface area contributed by atoms with E-state index in [-0.39, 0.29) is 5.41 Å². The number of fused-ring (bicyclic) bond motifs is 1. The van der Waals surface area contributed by atoms with Crippen LogP contribution in [0.5, 0.6) is 0 Å². The molecule has 1 saturated heterocycles. The topological polar surface area (TPSA) is 23.5 Å². The summed E-state index contributed by atoms with van der Waals surface area (Å²) in [6, 6.07) is 6.76. The van der Waals surface area contributed by atoms with Crippen LogP contribution in [0.2, 0.25) is 0 Å². The van der Waals surface area contributed by atoms with Crippen molar-refractivity contribution in [1.29, 1.82) is 0 Å². The van der Waals surface area contributed by atoms with Crippen LogP contribution in [-0.4, -0.2) is 30.1 Å². The van der Waals surface area contributed by atoms with Crippen molar-refractivity contribution >= 4 is 0 Å². The van der Waals surface area contributed by atoms with E-state index in [2.05, 4.69) is 50.9 Å². The summed E-state index contributed by atoms with van der Waals surface area (Å²) in [4.78, 5) is 2.38. The minimum absolute atomic E-state index is 0.0672. The summed E-state index contributed by atoms with van der Waals surface area (Å²) in [6.07, 6.45) is 4.24. The van der Waals surface area contributed by atoms with Crippen molar-refractivity contribution in [2.45, 2.75) is 52.1 Å². The Hall–Kier alpha value is -0.860. The highest BCUT2D eigenvalue weighted by molar-refractivity contribution is 5.44. The maximum Gasteiger partial charge on any atom is 0.0981 e. The molecule has 1 unspecified atom stereocenters. The third kappa shape index (κ3) is 2.24. The van der Waals surface area contributed by atoms with Crippen molar-refractivity contribution < 1.29 is 5.11 Å². The number of aryl methyl sites for hydroxylation is 1. The minimum Gasteiger partial charge on any atom is -0.384 e. The van der Waals surface area contributed by atoms with E-state index in [0.717, 1.165) is 38.8 Å². The molecule has 2 heteroatoms. The molecular formula is C19H29NO. The van der Waals surface area contributed by atoms with Crippen LogP contribution in [-0.2, 0) is 18.4 Å². The third-order valence-corrected chi connectivity index (χ3v) is 5.97. The normalized spacial score (nSPS) is 29.6. The molecule has 1 aromatic rings. The molecular weight excluding hydrogens is 258 g/mol. The summed E-state index contributed by atoms with van der Waals surface area (Å²) in [5, 5.41) is 11.8. The zero-order valence-electron chi connectivity index (χ0n) is 13.9. The van der Waals surface area contributed by atoms with Gasteiger partial charge in [-0.05, 0) is 68.4 Å². The number of aliphatic hydroxyl groups is 1. The van der Waals surface area contributed by atoms with E-state index in [9.17, 15) is 5.11 Å². The predicted molar refractivity (Wildman–Crippen MR) is 87.4 cm³/mol. The van der Waals surface area contributed by atoms with Crippen LogP contribution < -0.4 is 0 Å². The molecule has 21 heavy (non-hydrogen) atoms. The Balaban J connectivity index is 2.03. The SMILES string of the molecule is CCc1ccc2c(c1)C(O)(C1CCN(C)CC1)C(C)(C)C2. The van der Waals surface area contributed by atoms with Crippen LogP contribution in [0.25, 0.3) is 0 Å². The van der Waals surface area contributed by atoms with Crippen LogP contribution in [0.3, 0.4) is 0 Å². The molecule has 2 nitrogen and oxygen atoms in total. The second-order valence-corrected chi connectivity index (χ2v) is 7.75. The predicted octanol–water partition coefficient (Wildman–Crippen LogP) is 3.36. The van der Waals surface area contributed by atoms with Crippen LogP contribution in [0.1, 0.15) is 50.3 Å². The van der Waals surface area contributed by atoms with Gasteiger partial charge in [0.1, 0.15) is 0 Å². The van der Waals surface area contributed by atoms with Gasteiger partial charge in [-0.3, -0.25) is 0 Å². The average Bonchev–Trinajstić information content (AvgIpc) is 2.67. The number of rotatable bonds is 2. The summed E-state index contributed by atoms with van der Waals surface area (Å²) >= 11 is 0. The number of benzene rings is 1. The Morgan fingerprint density at radius 2 is 1.90 bits per heavy atom. The van der Waals surface area contributed by atoms with Gasteiger partial charge in [-0.15, -0.1) is 0 Å². The van der Waals surface area contributed by atoms with E-state index >= 15 is 0 Å². The van der Waals surface area contributed by atoms with E-state index < -0.39 is 5.60 Å². The Morgan fingerprint density at radius 3 is 2.52 bits per heavy atom. The zero-order chi connectivity index (χ0) is 15.3. The standard InChI is InChI=1S/C19H29NO/c1-5-14-6-7-15-13-18(2,3)19(21,17(15)12-14)16-8-10-20(4)11-9-16/h6-7,12,16,21H,5,8-11,13H2,1-4H3. The lowest BCUT2D eigenvalue weighted by atomic mass is 9.65. The Kier molecular flexibility index (Phi) is 3.66. The fourth-order valence-corrected chi connectivity index (χ4v) is 4.53. The first-order valence-corrected chi connectivity index (χ1v) is 8.41. The first-order valence-electron chi connectivity index (χ1n) is 8.41. The Labute approximate surface area is 129 Å². The molecule has 1 aromatic carbocycles. The molecule has 0 amide bonds. The van der Waals surface area contributed by atoms with Gasteiger partial charge >= 0.3 is 0 Å². The van der Waals surface area contributed by atoms with Gasteiger partial charge in [0, 0.05) is 5.41 Å². The third-order valence-electron chi connectivity index (χ3n) is 5.97. The van der Waals surface area contributed by atoms with E-state index in [1.54, 1.807) is 0 Å². The van der Waals surface area contributed by atoms with Gasteiger partial charge in [0.25, 0.3) is 0 Å². The lowest BCUT2D eigenvalue weighted by Crippen LogP contribution is -2.49. The van der Waals surface area contributed by atoms with Crippen LogP contribution in [0.4, 0.5) is 0 Å². The van der Waals surface area contributed by atoms with Crippen LogP contribution in [0, 0.1) is 11.3 Å². The van der Waals surface area contributed by atoms with Gasteiger partial charge in [-0.25, -0.2) is 0 Å². The van der Waals surface area contributed by atoms with Gasteiger partial charge in [0.05, 0.1) is 5.60 Å². The maximum atomic E-state index is 11.8. The minimum atomic E-state index is -0.658. The molecule has 1 atom stereocenters. The average molecular weight is 287 g/mol. The van der Waals surface area contributed by atoms with E-state index in [0.29, 0.717) is 5.92 Å². The molecule has 1 N–H and O–H groups in total. The van der Waals surface area contributed by atoms with Gasteiger partial charge in [-0.2, -0.15) is 0 Å². The molecule has 0 spiro atoms. The van der Waals surface area contributed by atoms with Crippen molar-refractivity contribution in [3.8, 4) is 0 Å². The fourth-order valence-electron chi connectivity index (χ4n) is 4.53. The monoisotopic (exact) mass is 287 g/mol. The quantitative estimate of drug-likeness (QED) is 0.901. The highest BCUT2D eigenvalue weighted by Gasteiger charge is 2.55. The molecule has 2 aliphatic rings. The Bertz CT molecular complexity index is 528. The van der Waals surface area contributed by atoms with E-state index in [1.165, 1.54) is 16.7 Å². The molecule has 116 valence electrons. The number of likely N-dealkylation sites (tertiary alicyclic amines) is 1. The van der Waals surface area contributed by atoms with Gasteiger partial charge < -0.3 is 10.0 Å². The molecule has 1 aliphatic carbocycles. The Morgan fingerprint density at radius 1 is 1.24 bits per heavy atom. The highest BCUT2D eigenvalue weighted by atomic mass is 16.3. The van der Waals surface area contributed by atoms with Crippen LogP contribution >= 0.6 is 0 Å². The van der Waals surface area contributed by atoms with Gasteiger partial charge in [0.15, 0.2) is 0 Å². The highest BCUT2D eigenvalue weighted by Crippen LogP contribution is 2.56. The number of piperidine rings is 1. The van der Waals surface area contributed by atoms with E-state index in [1.807, 2.05) is 0 Å². The molecule has 1 aliphatic heterocycles. The molecule has 0 aromatic heterocycles. The van der Waals surface area contributed by atoms with Crippen molar-refractivity contribution in [3.63, 3.8) is 0 Å². The molecule has 0 saturated carbocycles. The summed E-state index contributed by atoms with van der Waals surface area (Å²) in [6.45, 7) is 8.89. The van der Waals surface area contributed by atoms with Crippen molar-refractivity contribution in [3.05, 3.63) is 34.9 Å². The first kappa shape index (κ1) is 15.1.